The minimum absolute atomic E-state index is 0.0114. The van der Waals surface area contributed by atoms with Crippen LogP contribution in [0, 0.1) is 0 Å². The molecule has 0 amide bonds. The maximum absolute atomic E-state index is 11.1. The van der Waals surface area contributed by atoms with Gasteiger partial charge in [-0.15, -0.1) is 0 Å². The van der Waals surface area contributed by atoms with Gasteiger partial charge in [0.05, 0.1) is 5.56 Å². The molecule has 0 aromatic heterocycles. The van der Waals surface area contributed by atoms with Crippen molar-refractivity contribution in [2.45, 2.75) is 0 Å². The molecule has 2 aromatic carbocycles. The quantitative estimate of drug-likeness (QED) is 0.700. The van der Waals surface area contributed by atoms with Crippen molar-refractivity contribution in [3.05, 3.63) is 54.8 Å². The number of benzene rings is 1. The van der Waals surface area contributed by atoms with Crippen molar-refractivity contribution in [1.29, 1.82) is 0 Å². The van der Waals surface area contributed by atoms with Crippen molar-refractivity contribution in [2.24, 2.45) is 0 Å². The van der Waals surface area contributed by atoms with Gasteiger partial charge in [-0.05, 0) is 17.7 Å². The number of halogens is 2. The molecule has 2 rings (SSSR count). The molecule has 0 bridgehead atoms. The van der Waals surface area contributed by atoms with Gasteiger partial charge in [0.25, 0.3) is 0 Å². The number of hydrogen-bond donors (Lipinski definition) is 0. The molecule has 0 atom stereocenters. The highest BCUT2D eigenvalue weighted by Gasteiger charge is 2.19. The van der Waals surface area contributed by atoms with E-state index in [0.717, 1.165) is 0 Å². The molecule has 0 fully saturated rings. The Morgan fingerprint density at radius 1 is 0.857 bits per heavy atom. The fraction of sp³-hybridized carbons (Fsp3) is 0. The van der Waals surface area contributed by atoms with Gasteiger partial charge in [-0.1, -0.05) is 35.3 Å². The van der Waals surface area contributed by atoms with E-state index < -0.39 is 10.9 Å². The Balaban J connectivity index is 2.58. The fourth-order valence-corrected chi connectivity index (χ4v) is 1.65. The van der Waals surface area contributed by atoms with E-state index in [1.54, 1.807) is 24.3 Å². The second-order valence-electron chi connectivity index (χ2n) is 2.85. The van der Waals surface area contributed by atoms with Crippen molar-refractivity contribution in [3.63, 3.8) is 0 Å². The standard InChI is InChI=1S/C10H4Cl2O2/c11-6-3-1-5(2-4-6)7-8(12)10(14)9(7)13/h1-4H. The van der Waals surface area contributed by atoms with Crippen LogP contribution in [-0.2, 0) is 0 Å². The highest BCUT2D eigenvalue weighted by molar-refractivity contribution is 6.34. The van der Waals surface area contributed by atoms with E-state index in [2.05, 4.69) is 0 Å². The van der Waals surface area contributed by atoms with Crippen LogP contribution in [0.2, 0.25) is 10.0 Å². The summed E-state index contributed by atoms with van der Waals surface area (Å²) in [6.45, 7) is 0. The molecule has 0 aliphatic heterocycles. The SMILES string of the molecule is O=c1c(Cl)c(-c2ccc(Cl)cc2)c1=O. The zero-order chi connectivity index (χ0) is 10.3. The van der Waals surface area contributed by atoms with E-state index in [1.165, 1.54) is 0 Å². The lowest BCUT2D eigenvalue weighted by Crippen LogP contribution is -2.33. The van der Waals surface area contributed by atoms with Crippen LogP contribution in [0.3, 0.4) is 0 Å². The van der Waals surface area contributed by atoms with Crippen molar-refractivity contribution >= 4 is 23.2 Å². The summed E-state index contributed by atoms with van der Waals surface area (Å²) in [7, 11) is 0. The summed E-state index contributed by atoms with van der Waals surface area (Å²) in [5, 5.41) is 0.584. The summed E-state index contributed by atoms with van der Waals surface area (Å²) >= 11 is 11.3. The van der Waals surface area contributed by atoms with Crippen LogP contribution in [0.5, 0.6) is 0 Å². The molecule has 14 heavy (non-hydrogen) atoms. The average molecular weight is 227 g/mol. The third-order valence-electron chi connectivity index (χ3n) is 1.99. The van der Waals surface area contributed by atoms with Crippen LogP contribution in [0.1, 0.15) is 0 Å². The van der Waals surface area contributed by atoms with Crippen LogP contribution in [0.25, 0.3) is 11.1 Å². The lowest BCUT2D eigenvalue weighted by Gasteiger charge is -2.04. The van der Waals surface area contributed by atoms with Crippen molar-refractivity contribution < 1.29 is 0 Å². The third-order valence-corrected chi connectivity index (χ3v) is 2.60. The Morgan fingerprint density at radius 2 is 1.43 bits per heavy atom. The maximum Gasteiger partial charge on any atom is 0.245 e. The summed E-state index contributed by atoms with van der Waals surface area (Å²) in [5.74, 6) is 0. The average Bonchev–Trinajstić information content (AvgIpc) is 2.21. The molecule has 70 valence electrons. The number of rotatable bonds is 1. The van der Waals surface area contributed by atoms with E-state index in [0.29, 0.717) is 10.6 Å². The van der Waals surface area contributed by atoms with E-state index >= 15 is 0 Å². The van der Waals surface area contributed by atoms with Crippen LogP contribution < -0.4 is 10.9 Å². The van der Waals surface area contributed by atoms with Gasteiger partial charge >= 0.3 is 0 Å². The Morgan fingerprint density at radius 3 is 1.93 bits per heavy atom. The van der Waals surface area contributed by atoms with Gasteiger partial charge in [-0.25, -0.2) is 0 Å². The highest BCUT2D eigenvalue weighted by Crippen LogP contribution is 2.24. The summed E-state index contributed by atoms with van der Waals surface area (Å²) in [5.41, 5.74) is -0.230. The first kappa shape index (κ1) is 9.44. The Bertz CT molecular complexity index is 548. The molecule has 0 aliphatic rings. The molecule has 4 heteroatoms. The Labute approximate surface area is 89.4 Å². The van der Waals surface area contributed by atoms with E-state index in [-0.39, 0.29) is 10.6 Å². The van der Waals surface area contributed by atoms with Crippen LogP contribution in [-0.4, -0.2) is 0 Å². The van der Waals surface area contributed by atoms with Gasteiger partial charge in [-0.3, -0.25) is 9.59 Å². The molecule has 0 saturated carbocycles. The monoisotopic (exact) mass is 226 g/mol. The van der Waals surface area contributed by atoms with Gasteiger partial charge < -0.3 is 0 Å². The normalized spacial score (nSPS) is 10.7. The zero-order valence-electron chi connectivity index (χ0n) is 6.88. The summed E-state index contributed by atoms with van der Waals surface area (Å²) < 4.78 is 0. The van der Waals surface area contributed by atoms with Gasteiger partial charge in [0, 0.05) is 5.02 Å². The molecule has 2 nitrogen and oxygen atoms in total. The maximum atomic E-state index is 11.1. The van der Waals surface area contributed by atoms with Gasteiger partial charge in [0.1, 0.15) is 5.02 Å². The second-order valence-corrected chi connectivity index (χ2v) is 3.67. The predicted octanol–water partition coefficient (Wildman–Crippen LogP) is 2.26. The minimum atomic E-state index is -0.614. The van der Waals surface area contributed by atoms with Crippen molar-refractivity contribution in [1.82, 2.24) is 0 Å². The van der Waals surface area contributed by atoms with Crippen LogP contribution in [0.4, 0.5) is 0 Å². The molecule has 0 heterocycles. The highest BCUT2D eigenvalue weighted by atomic mass is 35.5. The van der Waals surface area contributed by atoms with Crippen molar-refractivity contribution in [3.8, 4) is 11.1 Å². The molecular weight excluding hydrogens is 223 g/mol. The van der Waals surface area contributed by atoms with E-state index in [1.807, 2.05) is 0 Å². The molecular formula is C10H4Cl2O2. The molecule has 0 N–H and O–H groups in total. The van der Waals surface area contributed by atoms with Gasteiger partial charge in [0.15, 0.2) is 0 Å². The molecule has 0 radical (unpaired) electrons. The first-order valence-electron chi connectivity index (χ1n) is 3.86. The lowest BCUT2D eigenvalue weighted by atomic mass is 10.0. The van der Waals surface area contributed by atoms with E-state index in [9.17, 15) is 9.59 Å². The largest absolute Gasteiger partial charge is 0.285 e. The predicted molar refractivity (Wildman–Crippen MR) is 56.8 cm³/mol. The van der Waals surface area contributed by atoms with Gasteiger partial charge in [-0.2, -0.15) is 0 Å². The third kappa shape index (κ3) is 1.27. The molecule has 0 unspecified atom stereocenters. The summed E-state index contributed by atoms with van der Waals surface area (Å²) in [4.78, 5) is 22.0. The van der Waals surface area contributed by atoms with Gasteiger partial charge in [0.2, 0.25) is 10.9 Å². The number of hydrogen-bond acceptors (Lipinski definition) is 2. The van der Waals surface area contributed by atoms with Crippen LogP contribution >= 0.6 is 23.2 Å². The first-order valence-corrected chi connectivity index (χ1v) is 4.61. The second kappa shape index (κ2) is 3.23. The zero-order valence-corrected chi connectivity index (χ0v) is 8.39. The fourth-order valence-electron chi connectivity index (χ4n) is 1.24. The molecule has 0 spiro atoms. The molecule has 0 aliphatic carbocycles. The first-order chi connectivity index (χ1) is 6.61. The Kier molecular flexibility index (Phi) is 2.17. The smallest absolute Gasteiger partial charge is 0.245 e. The molecule has 2 aromatic rings. The van der Waals surface area contributed by atoms with E-state index in [4.69, 9.17) is 23.2 Å². The Hall–Kier alpha value is -1.12. The topological polar surface area (TPSA) is 34.1 Å². The minimum Gasteiger partial charge on any atom is -0.285 e. The summed E-state index contributed by atoms with van der Waals surface area (Å²) in [6, 6.07) is 6.60. The molecule has 0 saturated heterocycles. The summed E-state index contributed by atoms with van der Waals surface area (Å²) in [6.07, 6.45) is 0. The lowest BCUT2D eigenvalue weighted by molar-refractivity contribution is 1.41. The van der Waals surface area contributed by atoms with Crippen LogP contribution in [0.15, 0.2) is 33.9 Å². The van der Waals surface area contributed by atoms with Crippen molar-refractivity contribution in [2.75, 3.05) is 0 Å².